The summed E-state index contributed by atoms with van der Waals surface area (Å²) in [5.41, 5.74) is 10.9. The number of H-pyrrole nitrogens is 1. The molecule has 0 radical (unpaired) electrons. The Balaban J connectivity index is 2.00. The van der Waals surface area contributed by atoms with Crippen molar-refractivity contribution in [1.29, 1.82) is 0 Å². The van der Waals surface area contributed by atoms with E-state index in [9.17, 15) is 4.79 Å². The summed E-state index contributed by atoms with van der Waals surface area (Å²) in [6.45, 7) is 2.42. The predicted octanol–water partition coefficient (Wildman–Crippen LogP) is 2.26. The third kappa shape index (κ3) is 1.75. The van der Waals surface area contributed by atoms with Crippen LogP contribution in [0.4, 0.5) is 0 Å². The van der Waals surface area contributed by atoms with E-state index in [0.717, 1.165) is 27.6 Å². The van der Waals surface area contributed by atoms with Crippen LogP contribution >= 0.6 is 11.3 Å². The third-order valence-electron chi connectivity index (χ3n) is 3.52. The Kier molecular flexibility index (Phi) is 2.54. The summed E-state index contributed by atoms with van der Waals surface area (Å²) in [5.74, 6) is -0.456. The van der Waals surface area contributed by atoms with Crippen LogP contribution in [0.2, 0.25) is 0 Å². The number of hydrogen-bond acceptors (Lipinski definition) is 5. The second-order valence-electron chi connectivity index (χ2n) is 4.83. The van der Waals surface area contributed by atoms with E-state index in [0.29, 0.717) is 17.6 Å². The molecule has 4 aromatic rings. The Morgan fingerprint density at radius 2 is 2.33 bits per heavy atom. The van der Waals surface area contributed by atoms with E-state index in [1.807, 2.05) is 25.1 Å². The lowest BCUT2D eigenvalue weighted by atomic mass is 10.1. The topological polar surface area (TPSA) is 89.3 Å². The molecule has 0 unspecified atom stereocenters. The van der Waals surface area contributed by atoms with Gasteiger partial charge in [0.25, 0.3) is 0 Å². The molecule has 6 nitrogen and oxygen atoms in total. The molecule has 0 amide bonds. The molecule has 0 atom stereocenters. The number of rotatable bonds is 2. The number of aromatic amines is 1. The largest absolute Gasteiger partial charge is 0.417 e. The van der Waals surface area contributed by atoms with Crippen molar-refractivity contribution in [2.24, 2.45) is 5.73 Å². The maximum atomic E-state index is 11.2. The van der Waals surface area contributed by atoms with Crippen molar-refractivity contribution >= 4 is 27.4 Å². The number of benzene rings is 1. The first-order chi connectivity index (χ1) is 10.2. The lowest BCUT2D eigenvalue weighted by molar-refractivity contribution is 0.555. The van der Waals surface area contributed by atoms with E-state index < -0.39 is 5.76 Å². The average Bonchev–Trinajstić information content (AvgIpc) is 3.11. The van der Waals surface area contributed by atoms with Crippen LogP contribution in [0.25, 0.3) is 27.3 Å². The van der Waals surface area contributed by atoms with Crippen molar-refractivity contribution in [2.45, 2.75) is 13.5 Å². The first kappa shape index (κ1) is 12.4. The van der Waals surface area contributed by atoms with Gasteiger partial charge >= 0.3 is 5.76 Å². The number of fused-ring (bicyclic) bond motifs is 2. The summed E-state index contributed by atoms with van der Waals surface area (Å²) < 4.78 is 7.18. The van der Waals surface area contributed by atoms with Crippen LogP contribution in [-0.2, 0) is 6.54 Å². The maximum Gasteiger partial charge on any atom is 0.417 e. The normalized spacial score (nSPS) is 11.7. The second-order valence-corrected chi connectivity index (χ2v) is 5.67. The summed E-state index contributed by atoms with van der Waals surface area (Å²) >= 11 is 1.58. The van der Waals surface area contributed by atoms with Crippen LogP contribution in [-0.4, -0.2) is 14.4 Å². The second kappa shape index (κ2) is 4.31. The van der Waals surface area contributed by atoms with Gasteiger partial charge in [-0.25, -0.2) is 9.78 Å². The zero-order valence-corrected chi connectivity index (χ0v) is 12.0. The van der Waals surface area contributed by atoms with E-state index >= 15 is 0 Å². The smallest absolute Gasteiger partial charge is 0.408 e. The molecule has 1 aromatic carbocycles. The molecule has 21 heavy (non-hydrogen) atoms. The maximum absolute atomic E-state index is 11.2. The highest BCUT2D eigenvalue weighted by molar-refractivity contribution is 7.15. The molecular formula is C14H12N4O2S. The van der Waals surface area contributed by atoms with Crippen molar-refractivity contribution in [1.82, 2.24) is 14.4 Å². The van der Waals surface area contributed by atoms with Crippen molar-refractivity contribution in [3.05, 3.63) is 45.5 Å². The minimum Gasteiger partial charge on any atom is -0.408 e. The molecule has 0 fully saturated rings. The van der Waals surface area contributed by atoms with Gasteiger partial charge in [-0.15, -0.1) is 11.3 Å². The lowest BCUT2D eigenvalue weighted by Gasteiger charge is -2.02. The van der Waals surface area contributed by atoms with E-state index in [1.165, 1.54) is 0 Å². The fourth-order valence-electron chi connectivity index (χ4n) is 2.58. The lowest BCUT2D eigenvalue weighted by Crippen LogP contribution is -2.03. The fraction of sp³-hybridized carbons (Fsp3) is 0.143. The van der Waals surface area contributed by atoms with Gasteiger partial charge in [-0.3, -0.25) is 9.38 Å². The number of nitrogens with one attached hydrogen (secondary N) is 1. The van der Waals surface area contributed by atoms with Gasteiger partial charge in [-0.05, 0) is 19.1 Å². The fourth-order valence-corrected chi connectivity index (χ4v) is 3.46. The van der Waals surface area contributed by atoms with Crippen LogP contribution in [0.15, 0.2) is 32.8 Å². The van der Waals surface area contributed by atoms with E-state index in [4.69, 9.17) is 10.2 Å². The number of oxazole rings is 1. The van der Waals surface area contributed by atoms with Crippen molar-refractivity contribution in [3.8, 4) is 11.3 Å². The van der Waals surface area contributed by atoms with Gasteiger partial charge in [0.15, 0.2) is 10.5 Å². The average molecular weight is 300 g/mol. The zero-order chi connectivity index (χ0) is 14.6. The monoisotopic (exact) mass is 300 g/mol. The summed E-state index contributed by atoms with van der Waals surface area (Å²) in [6, 6.07) is 5.54. The summed E-state index contributed by atoms with van der Waals surface area (Å²) in [5, 5.41) is 2.06. The minimum absolute atomic E-state index is 0.392. The van der Waals surface area contributed by atoms with Crippen molar-refractivity contribution in [3.63, 3.8) is 0 Å². The number of imidazole rings is 1. The Morgan fingerprint density at radius 1 is 1.48 bits per heavy atom. The highest BCUT2D eigenvalue weighted by atomic mass is 32.1. The minimum atomic E-state index is -0.456. The quantitative estimate of drug-likeness (QED) is 0.594. The molecule has 3 heterocycles. The molecule has 3 aromatic heterocycles. The summed E-state index contributed by atoms with van der Waals surface area (Å²) in [6.07, 6.45) is 0. The van der Waals surface area contributed by atoms with Gasteiger partial charge in [0, 0.05) is 23.2 Å². The standard InChI is InChI=1S/C14H12N4O2S/c1-7-6-21-13-17-12(10(5-15)18(7)13)8-2-3-9-11(4-8)20-14(19)16-9/h2-4,6H,5,15H2,1H3,(H,16,19). The first-order valence-corrected chi connectivity index (χ1v) is 7.34. The third-order valence-corrected chi connectivity index (χ3v) is 4.46. The molecule has 0 aliphatic rings. The zero-order valence-electron chi connectivity index (χ0n) is 11.2. The molecule has 0 saturated carbocycles. The van der Waals surface area contributed by atoms with Crippen LogP contribution in [0, 0.1) is 6.92 Å². The molecule has 0 saturated heterocycles. The SMILES string of the molecule is Cc1csc2nc(-c3ccc4[nH]c(=O)oc4c3)c(CN)n12. The van der Waals surface area contributed by atoms with Crippen LogP contribution < -0.4 is 11.5 Å². The molecule has 0 aliphatic heterocycles. The number of nitrogens with two attached hydrogens (primary N) is 1. The Morgan fingerprint density at radius 3 is 3.14 bits per heavy atom. The number of thiazole rings is 1. The molecule has 4 rings (SSSR count). The first-order valence-electron chi connectivity index (χ1n) is 6.46. The van der Waals surface area contributed by atoms with Crippen molar-refractivity contribution < 1.29 is 4.42 Å². The number of aromatic nitrogens is 3. The predicted molar refractivity (Wildman–Crippen MR) is 81.5 cm³/mol. The van der Waals surface area contributed by atoms with Crippen LogP contribution in [0.5, 0.6) is 0 Å². The van der Waals surface area contributed by atoms with Gasteiger partial charge in [0.05, 0.1) is 16.9 Å². The van der Waals surface area contributed by atoms with E-state index in [1.54, 1.807) is 11.3 Å². The number of nitrogens with zero attached hydrogens (tertiary/aromatic N) is 2. The molecule has 106 valence electrons. The van der Waals surface area contributed by atoms with Gasteiger partial charge in [0.2, 0.25) is 0 Å². The van der Waals surface area contributed by atoms with Gasteiger partial charge < -0.3 is 10.2 Å². The van der Waals surface area contributed by atoms with Gasteiger partial charge in [-0.2, -0.15) is 0 Å². The van der Waals surface area contributed by atoms with Gasteiger partial charge in [-0.1, -0.05) is 6.07 Å². The van der Waals surface area contributed by atoms with Crippen LogP contribution in [0.3, 0.4) is 0 Å². The molecule has 7 heteroatoms. The Bertz CT molecular complexity index is 1020. The number of hydrogen-bond donors (Lipinski definition) is 2. The molecule has 0 spiro atoms. The molecular weight excluding hydrogens is 288 g/mol. The van der Waals surface area contributed by atoms with E-state index in [2.05, 4.69) is 19.7 Å². The highest BCUT2D eigenvalue weighted by Gasteiger charge is 2.16. The number of aryl methyl sites for hydroxylation is 1. The van der Waals surface area contributed by atoms with E-state index in [-0.39, 0.29) is 0 Å². The molecule has 0 aliphatic carbocycles. The Hall–Kier alpha value is -2.38. The molecule has 0 bridgehead atoms. The summed E-state index contributed by atoms with van der Waals surface area (Å²) in [4.78, 5) is 19.4. The van der Waals surface area contributed by atoms with Crippen LogP contribution in [0.1, 0.15) is 11.4 Å². The summed E-state index contributed by atoms with van der Waals surface area (Å²) in [7, 11) is 0. The molecule has 3 N–H and O–H groups in total. The van der Waals surface area contributed by atoms with Crippen molar-refractivity contribution in [2.75, 3.05) is 0 Å². The van der Waals surface area contributed by atoms with Gasteiger partial charge in [0.1, 0.15) is 0 Å². The highest BCUT2D eigenvalue weighted by Crippen LogP contribution is 2.29. The Labute approximate surface area is 122 Å².